The van der Waals surface area contributed by atoms with E-state index in [0.717, 1.165) is 30.7 Å². The Labute approximate surface area is 157 Å². The Balaban J connectivity index is 1.93. The largest absolute Gasteiger partial charge is 0.390 e. The molecule has 0 bridgehead atoms. The van der Waals surface area contributed by atoms with Crippen molar-refractivity contribution in [3.8, 4) is 0 Å². The third-order valence-electron chi connectivity index (χ3n) is 5.16. The summed E-state index contributed by atoms with van der Waals surface area (Å²) in [5.41, 5.74) is -0.236. The lowest BCUT2D eigenvalue weighted by Gasteiger charge is -2.33. The molecule has 0 aliphatic carbocycles. The Morgan fingerprint density at radius 2 is 1.74 bits per heavy atom. The average molecular weight is 380 g/mol. The van der Waals surface area contributed by atoms with Gasteiger partial charge in [0.05, 0.1) is 12.6 Å². The van der Waals surface area contributed by atoms with Crippen LogP contribution in [0.25, 0.3) is 11.2 Å². The fourth-order valence-electron chi connectivity index (χ4n) is 3.52. The van der Waals surface area contributed by atoms with Crippen molar-refractivity contribution in [2.45, 2.75) is 19.3 Å². The summed E-state index contributed by atoms with van der Waals surface area (Å²) in [5.74, 6) is 0.517. The normalized spacial score (nSPS) is 17.7. The summed E-state index contributed by atoms with van der Waals surface area (Å²) in [6.45, 7) is 4.67. The molecule has 10 nitrogen and oxygen atoms in total. The number of hydrogen-bond acceptors (Lipinski definition) is 7. The maximum atomic E-state index is 12.7. The van der Waals surface area contributed by atoms with E-state index in [1.54, 1.807) is 18.7 Å². The molecular formula is C17H28N6O4. The zero-order chi connectivity index (χ0) is 19.7. The summed E-state index contributed by atoms with van der Waals surface area (Å²) in [6.07, 6.45) is -0.664. The number of rotatable bonds is 6. The maximum absolute atomic E-state index is 12.7. The van der Waals surface area contributed by atoms with Gasteiger partial charge in [-0.3, -0.25) is 18.8 Å². The molecule has 27 heavy (non-hydrogen) atoms. The lowest BCUT2D eigenvalue weighted by atomic mass is 10.2. The van der Waals surface area contributed by atoms with E-state index in [-0.39, 0.29) is 13.2 Å². The van der Waals surface area contributed by atoms with Gasteiger partial charge in [-0.2, -0.15) is 0 Å². The van der Waals surface area contributed by atoms with Crippen LogP contribution in [-0.4, -0.2) is 86.6 Å². The zero-order valence-electron chi connectivity index (χ0n) is 16.4. The molecule has 1 aliphatic heterocycles. The van der Waals surface area contributed by atoms with E-state index >= 15 is 0 Å². The molecule has 1 fully saturated rings. The number of ether oxygens (including phenoxy) is 1. The third-order valence-corrected chi connectivity index (χ3v) is 5.16. The Kier molecular flexibility index (Phi) is 5.80. The van der Waals surface area contributed by atoms with Crippen LogP contribution in [-0.2, 0) is 32.0 Å². The predicted molar refractivity (Wildman–Crippen MR) is 101 cm³/mol. The van der Waals surface area contributed by atoms with Crippen molar-refractivity contribution in [3.05, 3.63) is 26.7 Å². The molecule has 2 aromatic heterocycles. The minimum atomic E-state index is -0.664. The van der Waals surface area contributed by atoms with Crippen molar-refractivity contribution in [2.24, 2.45) is 14.1 Å². The van der Waals surface area contributed by atoms with Crippen LogP contribution in [0.1, 0.15) is 5.82 Å². The van der Waals surface area contributed by atoms with E-state index < -0.39 is 17.4 Å². The van der Waals surface area contributed by atoms with Gasteiger partial charge in [-0.05, 0) is 7.05 Å². The van der Waals surface area contributed by atoms with Crippen LogP contribution < -0.4 is 11.2 Å². The molecule has 0 amide bonds. The van der Waals surface area contributed by atoms with Gasteiger partial charge in [-0.25, -0.2) is 9.78 Å². The number of piperazine rings is 1. The van der Waals surface area contributed by atoms with Crippen LogP contribution in [0.15, 0.2) is 9.59 Å². The first-order chi connectivity index (χ1) is 12.8. The summed E-state index contributed by atoms with van der Waals surface area (Å²) in [6, 6.07) is 0. The van der Waals surface area contributed by atoms with Crippen molar-refractivity contribution in [2.75, 3.05) is 46.9 Å². The number of β-amino-alcohol motifs (C(OH)–C–C–N with tert-alkyl or cyclic N) is 1. The quantitative estimate of drug-likeness (QED) is 0.631. The molecule has 3 heterocycles. The molecule has 0 unspecified atom stereocenters. The highest BCUT2D eigenvalue weighted by Gasteiger charge is 2.22. The van der Waals surface area contributed by atoms with E-state index in [1.165, 1.54) is 11.6 Å². The number of likely N-dealkylation sites (N-methyl/N-ethyl adjacent to an activating group) is 1. The van der Waals surface area contributed by atoms with Gasteiger partial charge in [0.25, 0.3) is 5.56 Å². The highest BCUT2D eigenvalue weighted by Crippen LogP contribution is 2.13. The van der Waals surface area contributed by atoms with Gasteiger partial charge in [-0.1, -0.05) is 0 Å². The number of aryl methyl sites for hydroxylation is 1. The minimum absolute atomic E-state index is 0.188. The molecule has 10 heteroatoms. The summed E-state index contributed by atoms with van der Waals surface area (Å²) < 4.78 is 9.29. The predicted octanol–water partition coefficient (Wildman–Crippen LogP) is -1.81. The molecule has 150 valence electrons. The molecule has 0 spiro atoms. The number of hydrogen-bond donors (Lipinski definition) is 1. The van der Waals surface area contributed by atoms with Gasteiger partial charge < -0.3 is 19.3 Å². The second-order valence-corrected chi connectivity index (χ2v) is 7.21. The summed E-state index contributed by atoms with van der Waals surface area (Å²) in [7, 11) is 6.65. The fourth-order valence-corrected chi connectivity index (χ4v) is 3.52. The number of aliphatic hydroxyl groups excluding tert-OH is 1. The lowest BCUT2D eigenvalue weighted by Crippen LogP contribution is -2.47. The highest BCUT2D eigenvalue weighted by atomic mass is 16.5. The Morgan fingerprint density at radius 1 is 1.07 bits per heavy atom. The van der Waals surface area contributed by atoms with E-state index in [1.807, 2.05) is 0 Å². The molecule has 1 atom stereocenters. The second kappa shape index (κ2) is 7.93. The second-order valence-electron chi connectivity index (χ2n) is 7.21. The number of methoxy groups -OCH3 is 1. The smallest absolute Gasteiger partial charge is 0.332 e. The fraction of sp³-hybridized carbons (Fsp3) is 0.706. The third kappa shape index (κ3) is 3.84. The van der Waals surface area contributed by atoms with E-state index in [2.05, 4.69) is 21.8 Å². The van der Waals surface area contributed by atoms with Crippen molar-refractivity contribution in [3.63, 3.8) is 0 Å². The summed E-state index contributed by atoms with van der Waals surface area (Å²) >= 11 is 0. The van der Waals surface area contributed by atoms with Crippen molar-refractivity contribution in [1.82, 2.24) is 28.5 Å². The van der Waals surface area contributed by atoms with E-state index in [4.69, 9.17) is 4.74 Å². The Bertz CT molecular complexity index is 922. The molecule has 1 N–H and O–H groups in total. The van der Waals surface area contributed by atoms with Crippen LogP contribution in [0.4, 0.5) is 0 Å². The molecule has 2 aromatic rings. The molecule has 0 aromatic carbocycles. The molecule has 0 radical (unpaired) electrons. The molecule has 1 aliphatic rings. The van der Waals surface area contributed by atoms with Gasteiger partial charge in [-0.15, -0.1) is 0 Å². The van der Waals surface area contributed by atoms with Gasteiger partial charge in [0.2, 0.25) is 0 Å². The van der Waals surface area contributed by atoms with Gasteiger partial charge in [0.1, 0.15) is 12.4 Å². The first kappa shape index (κ1) is 19.7. The van der Waals surface area contributed by atoms with Crippen LogP contribution >= 0.6 is 0 Å². The number of imidazole rings is 1. The molecule has 0 saturated carbocycles. The Morgan fingerprint density at radius 3 is 2.37 bits per heavy atom. The first-order valence-corrected chi connectivity index (χ1v) is 9.06. The van der Waals surface area contributed by atoms with Crippen LogP contribution in [0, 0.1) is 0 Å². The first-order valence-electron chi connectivity index (χ1n) is 9.06. The zero-order valence-corrected chi connectivity index (χ0v) is 16.4. The Hall–Kier alpha value is -2.01. The highest BCUT2D eigenvalue weighted by molar-refractivity contribution is 5.71. The van der Waals surface area contributed by atoms with Crippen molar-refractivity contribution < 1.29 is 9.84 Å². The topological polar surface area (TPSA) is 97.8 Å². The van der Waals surface area contributed by atoms with Gasteiger partial charge >= 0.3 is 5.69 Å². The lowest BCUT2D eigenvalue weighted by molar-refractivity contribution is 0.0698. The standard InChI is InChI=1S/C17H28N6O4/c1-19-5-7-22(8-6-19)9-12(24)10-23-13(11-27-4)18-15-14(23)16(25)21(3)17(26)20(15)2/h12,24H,5-11H2,1-4H3/t12-/m1/s1. The van der Waals surface area contributed by atoms with Crippen LogP contribution in [0.5, 0.6) is 0 Å². The van der Waals surface area contributed by atoms with E-state index in [0.29, 0.717) is 23.5 Å². The average Bonchev–Trinajstić information content (AvgIpc) is 2.99. The number of nitrogens with zero attached hydrogens (tertiary/aromatic N) is 6. The monoisotopic (exact) mass is 380 g/mol. The summed E-state index contributed by atoms with van der Waals surface area (Å²) in [4.78, 5) is 33.8. The molecule has 1 saturated heterocycles. The maximum Gasteiger partial charge on any atom is 0.332 e. The SMILES string of the molecule is COCc1nc2c(c(=O)n(C)c(=O)n2C)n1C[C@H](O)CN1CCN(C)CC1. The van der Waals surface area contributed by atoms with Gasteiger partial charge in [0.15, 0.2) is 11.2 Å². The minimum Gasteiger partial charge on any atom is -0.390 e. The van der Waals surface area contributed by atoms with Crippen LogP contribution in [0.2, 0.25) is 0 Å². The summed E-state index contributed by atoms with van der Waals surface area (Å²) in [5, 5.41) is 10.7. The molecule has 3 rings (SSSR count). The van der Waals surface area contributed by atoms with Crippen molar-refractivity contribution in [1.29, 1.82) is 0 Å². The molecular weight excluding hydrogens is 352 g/mol. The number of aromatic nitrogens is 4. The number of aliphatic hydroxyl groups is 1. The van der Waals surface area contributed by atoms with Gasteiger partial charge in [0, 0.05) is 53.9 Å². The van der Waals surface area contributed by atoms with Crippen LogP contribution in [0.3, 0.4) is 0 Å². The van der Waals surface area contributed by atoms with Crippen molar-refractivity contribution >= 4 is 11.2 Å². The van der Waals surface area contributed by atoms with E-state index in [9.17, 15) is 14.7 Å². The number of fused-ring (bicyclic) bond motifs is 1.